The summed E-state index contributed by atoms with van der Waals surface area (Å²) < 4.78 is 13.9. The van der Waals surface area contributed by atoms with Gasteiger partial charge in [-0.3, -0.25) is 4.79 Å². The Bertz CT molecular complexity index is 474. The molecular formula is C13H15ClFNO2. The average molecular weight is 272 g/mol. The lowest BCUT2D eigenvalue weighted by molar-refractivity contribution is -0.133. The topological polar surface area (TPSA) is 40.5 Å². The highest BCUT2D eigenvalue weighted by Crippen LogP contribution is 2.50. The van der Waals surface area contributed by atoms with Crippen LogP contribution in [0, 0.1) is 5.82 Å². The Morgan fingerprint density at radius 3 is 2.72 bits per heavy atom. The third-order valence-electron chi connectivity index (χ3n) is 3.39. The number of rotatable bonds is 4. The van der Waals surface area contributed by atoms with E-state index in [-0.39, 0.29) is 19.1 Å². The van der Waals surface area contributed by atoms with Crippen molar-refractivity contribution in [3.05, 3.63) is 34.6 Å². The van der Waals surface area contributed by atoms with Gasteiger partial charge in [0.2, 0.25) is 5.91 Å². The highest BCUT2D eigenvalue weighted by atomic mass is 35.5. The Hall–Kier alpha value is -1.13. The molecule has 0 atom stereocenters. The molecule has 0 aliphatic heterocycles. The number of carbonyl (C=O) groups is 1. The van der Waals surface area contributed by atoms with Gasteiger partial charge in [0.15, 0.2) is 0 Å². The standard InChI is InChI=1S/C13H15ClFNO2/c1-16(6-7-17)12(18)13(4-5-13)10-3-2-9(14)8-11(10)15/h2-3,8,17H,4-7H2,1H3. The summed E-state index contributed by atoms with van der Waals surface area (Å²) in [6.45, 7) is 0.164. The highest BCUT2D eigenvalue weighted by Gasteiger charge is 2.53. The fraction of sp³-hybridized carbons (Fsp3) is 0.462. The van der Waals surface area contributed by atoms with Gasteiger partial charge < -0.3 is 10.0 Å². The number of halogens is 2. The summed E-state index contributed by atoms with van der Waals surface area (Å²) in [5.74, 6) is -0.580. The minimum Gasteiger partial charge on any atom is -0.395 e. The van der Waals surface area contributed by atoms with Gasteiger partial charge in [0.1, 0.15) is 5.82 Å². The molecule has 0 bridgehead atoms. The van der Waals surface area contributed by atoms with Crippen molar-refractivity contribution in [1.82, 2.24) is 4.90 Å². The molecule has 0 unspecified atom stereocenters. The molecule has 18 heavy (non-hydrogen) atoms. The molecule has 5 heteroatoms. The van der Waals surface area contributed by atoms with E-state index in [0.29, 0.717) is 23.4 Å². The van der Waals surface area contributed by atoms with E-state index in [1.807, 2.05) is 0 Å². The molecule has 1 aromatic rings. The Balaban J connectivity index is 2.29. The minimum absolute atomic E-state index is 0.0958. The fourth-order valence-electron chi connectivity index (χ4n) is 2.22. The Kier molecular flexibility index (Phi) is 3.59. The van der Waals surface area contributed by atoms with Crippen LogP contribution in [0.5, 0.6) is 0 Å². The molecule has 0 radical (unpaired) electrons. The molecule has 1 N–H and O–H groups in total. The maximum absolute atomic E-state index is 13.9. The number of amides is 1. The van der Waals surface area contributed by atoms with Crippen LogP contribution in [0.4, 0.5) is 4.39 Å². The maximum Gasteiger partial charge on any atom is 0.233 e. The Morgan fingerprint density at radius 2 is 2.22 bits per heavy atom. The zero-order valence-corrected chi connectivity index (χ0v) is 10.9. The van der Waals surface area contributed by atoms with Crippen LogP contribution in [0.25, 0.3) is 0 Å². The zero-order valence-electron chi connectivity index (χ0n) is 10.1. The minimum atomic E-state index is -0.751. The van der Waals surface area contributed by atoms with Crippen LogP contribution in [-0.4, -0.2) is 36.1 Å². The lowest BCUT2D eigenvalue weighted by Crippen LogP contribution is -2.38. The molecule has 1 aliphatic rings. The fourth-order valence-corrected chi connectivity index (χ4v) is 2.38. The van der Waals surface area contributed by atoms with Gasteiger partial charge in [0, 0.05) is 24.2 Å². The van der Waals surface area contributed by atoms with Gasteiger partial charge in [-0.15, -0.1) is 0 Å². The summed E-state index contributed by atoms with van der Waals surface area (Å²) in [6.07, 6.45) is 1.28. The molecule has 0 aromatic heterocycles. The predicted octanol–water partition coefficient (Wildman–Crippen LogP) is 1.96. The molecule has 98 valence electrons. The van der Waals surface area contributed by atoms with E-state index >= 15 is 0 Å². The van der Waals surface area contributed by atoms with Crippen molar-refractivity contribution in [2.75, 3.05) is 20.2 Å². The average Bonchev–Trinajstić information content (AvgIpc) is 3.09. The van der Waals surface area contributed by atoms with E-state index in [4.69, 9.17) is 16.7 Å². The number of hydrogen-bond acceptors (Lipinski definition) is 2. The molecule has 1 aliphatic carbocycles. The molecule has 1 fully saturated rings. The van der Waals surface area contributed by atoms with Crippen molar-refractivity contribution in [2.45, 2.75) is 18.3 Å². The van der Waals surface area contributed by atoms with Crippen LogP contribution >= 0.6 is 11.6 Å². The molecule has 0 heterocycles. The van der Waals surface area contributed by atoms with E-state index < -0.39 is 11.2 Å². The highest BCUT2D eigenvalue weighted by molar-refractivity contribution is 6.30. The van der Waals surface area contributed by atoms with Crippen molar-refractivity contribution in [1.29, 1.82) is 0 Å². The third kappa shape index (κ3) is 2.22. The van der Waals surface area contributed by atoms with Crippen LogP contribution in [0.3, 0.4) is 0 Å². The number of aliphatic hydroxyl groups excluding tert-OH is 1. The normalized spacial score (nSPS) is 16.4. The first kappa shape index (κ1) is 13.3. The molecule has 3 nitrogen and oxygen atoms in total. The van der Waals surface area contributed by atoms with E-state index in [1.165, 1.54) is 11.0 Å². The van der Waals surface area contributed by atoms with Crippen molar-refractivity contribution in [3.8, 4) is 0 Å². The smallest absolute Gasteiger partial charge is 0.233 e. The van der Waals surface area contributed by atoms with Crippen LogP contribution < -0.4 is 0 Å². The van der Waals surface area contributed by atoms with Gasteiger partial charge in [-0.1, -0.05) is 17.7 Å². The molecule has 1 saturated carbocycles. The first-order chi connectivity index (χ1) is 8.51. The number of benzene rings is 1. The third-order valence-corrected chi connectivity index (χ3v) is 3.62. The lowest BCUT2D eigenvalue weighted by atomic mass is 9.94. The zero-order chi connectivity index (χ0) is 13.3. The maximum atomic E-state index is 13.9. The molecule has 0 spiro atoms. The summed E-state index contributed by atoms with van der Waals surface area (Å²) in [4.78, 5) is 13.7. The van der Waals surface area contributed by atoms with Crippen molar-refractivity contribution in [2.24, 2.45) is 0 Å². The van der Waals surface area contributed by atoms with Crippen molar-refractivity contribution < 1.29 is 14.3 Å². The second-order valence-corrected chi connectivity index (χ2v) is 5.09. The first-order valence-electron chi connectivity index (χ1n) is 5.83. The Morgan fingerprint density at radius 1 is 1.56 bits per heavy atom. The summed E-state index contributed by atoms with van der Waals surface area (Å²) in [5, 5.41) is 9.17. The van der Waals surface area contributed by atoms with Crippen LogP contribution in [0.15, 0.2) is 18.2 Å². The van der Waals surface area contributed by atoms with Gasteiger partial charge in [0.25, 0.3) is 0 Å². The van der Waals surface area contributed by atoms with E-state index in [2.05, 4.69) is 0 Å². The SMILES string of the molecule is CN(CCO)C(=O)C1(c2ccc(Cl)cc2F)CC1. The molecule has 0 saturated heterocycles. The molecule has 1 amide bonds. The van der Waals surface area contributed by atoms with Gasteiger partial charge in [0.05, 0.1) is 12.0 Å². The van der Waals surface area contributed by atoms with Crippen molar-refractivity contribution >= 4 is 17.5 Å². The summed E-state index contributed by atoms with van der Waals surface area (Å²) in [7, 11) is 1.62. The van der Waals surface area contributed by atoms with Gasteiger partial charge in [-0.25, -0.2) is 4.39 Å². The van der Waals surface area contributed by atoms with Crippen LogP contribution in [-0.2, 0) is 10.2 Å². The molecular weight excluding hydrogens is 257 g/mol. The summed E-state index contributed by atoms with van der Waals surface area (Å²) in [6, 6.07) is 4.41. The van der Waals surface area contributed by atoms with Gasteiger partial charge >= 0.3 is 0 Å². The number of nitrogens with zero attached hydrogens (tertiary/aromatic N) is 1. The number of carbonyl (C=O) groups excluding carboxylic acids is 1. The Labute approximate surface area is 110 Å². The lowest BCUT2D eigenvalue weighted by Gasteiger charge is -2.23. The van der Waals surface area contributed by atoms with Gasteiger partial charge in [-0.2, -0.15) is 0 Å². The van der Waals surface area contributed by atoms with E-state index in [1.54, 1.807) is 19.2 Å². The second-order valence-electron chi connectivity index (χ2n) is 4.66. The summed E-state index contributed by atoms with van der Waals surface area (Å²) >= 11 is 5.71. The monoisotopic (exact) mass is 271 g/mol. The van der Waals surface area contributed by atoms with Crippen molar-refractivity contribution in [3.63, 3.8) is 0 Å². The van der Waals surface area contributed by atoms with E-state index in [0.717, 1.165) is 0 Å². The number of hydrogen-bond donors (Lipinski definition) is 1. The molecule has 1 aromatic carbocycles. The largest absolute Gasteiger partial charge is 0.395 e. The first-order valence-corrected chi connectivity index (χ1v) is 6.21. The number of aliphatic hydroxyl groups is 1. The van der Waals surface area contributed by atoms with E-state index in [9.17, 15) is 9.18 Å². The van der Waals surface area contributed by atoms with Crippen LogP contribution in [0.2, 0.25) is 5.02 Å². The quantitative estimate of drug-likeness (QED) is 0.909. The second kappa shape index (κ2) is 4.86. The number of likely N-dealkylation sites (N-methyl/N-ethyl adjacent to an activating group) is 1. The summed E-state index contributed by atoms with van der Waals surface area (Å²) in [5.41, 5.74) is -0.347. The van der Waals surface area contributed by atoms with Crippen LogP contribution in [0.1, 0.15) is 18.4 Å². The van der Waals surface area contributed by atoms with Gasteiger partial charge in [-0.05, 0) is 25.0 Å². The predicted molar refractivity (Wildman–Crippen MR) is 67.0 cm³/mol. The molecule has 2 rings (SSSR count).